The Morgan fingerprint density at radius 1 is 1.42 bits per heavy atom. The summed E-state index contributed by atoms with van der Waals surface area (Å²) in [5.41, 5.74) is -0.424. The standard InChI is InChI=1S/C13H15NO5/c1-13(6-7-15,12-18-8-9-19-12)10-4-2-3-5-11(10)14(16)17/h2-5,7,12H,6,8-9H2,1H3. The summed E-state index contributed by atoms with van der Waals surface area (Å²) in [6.07, 6.45) is 0.198. The fourth-order valence-corrected chi connectivity index (χ4v) is 2.35. The van der Waals surface area contributed by atoms with Crippen LogP contribution in [0.1, 0.15) is 18.9 Å². The van der Waals surface area contributed by atoms with E-state index in [-0.39, 0.29) is 12.1 Å². The van der Waals surface area contributed by atoms with Crippen LogP contribution in [0.15, 0.2) is 24.3 Å². The smallest absolute Gasteiger partial charge is 0.273 e. The van der Waals surface area contributed by atoms with Crippen molar-refractivity contribution in [2.24, 2.45) is 0 Å². The second kappa shape index (κ2) is 5.46. The zero-order valence-corrected chi connectivity index (χ0v) is 10.6. The van der Waals surface area contributed by atoms with E-state index in [2.05, 4.69) is 0 Å². The number of nitro groups is 1. The molecule has 0 bridgehead atoms. The van der Waals surface area contributed by atoms with E-state index in [1.165, 1.54) is 6.07 Å². The number of aldehydes is 1. The molecule has 1 aromatic carbocycles. The van der Waals surface area contributed by atoms with E-state index in [0.717, 1.165) is 6.29 Å². The molecule has 1 aliphatic heterocycles. The maximum Gasteiger partial charge on any atom is 0.273 e. The molecule has 102 valence electrons. The topological polar surface area (TPSA) is 78.7 Å². The fraction of sp³-hybridized carbons (Fsp3) is 0.462. The Hall–Kier alpha value is -1.79. The van der Waals surface area contributed by atoms with Crippen molar-refractivity contribution >= 4 is 12.0 Å². The Kier molecular flexibility index (Phi) is 3.92. The van der Waals surface area contributed by atoms with Gasteiger partial charge in [0.05, 0.1) is 23.6 Å². The van der Waals surface area contributed by atoms with Crippen LogP contribution in [0.5, 0.6) is 0 Å². The molecule has 6 nitrogen and oxygen atoms in total. The first kappa shape index (κ1) is 13.6. The molecule has 1 fully saturated rings. The molecule has 1 atom stereocenters. The van der Waals surface area contributed by atoms with Crippen molar-refractivity contribution < 1.29 is 19.2 Å². The largest absolute Gasteiger partial charge is 0.349 e. The molecule has 1 saturated heterocycles. The summed E-state index contributed by atoms with van der Waals surface area (Å²) in [4.78, 5) is 21.6. The summed E-state index contributed by atoms with van der Waals surface area (Å²) < 4.78 is 10.9. The maximum atomic E-state index is 11.1. The van der Waals surface area contributed by atoms with Gasteiger partial charge >= 0.3 is 0 Å². The SMILES string of the molecule is CC(CC=O)(c1ccccc1[N+](=O)[O-])C1OCCO1. The highest BCUT2D eigenvalue weighted by atomic mass is 16.7. The lowest BCUT2D eigenvalue weighted by atomic mass is 9.78. The van der Waals surface area contributed by atoms with Gasteiger partial charge in [0.25, 0.3) is 5.69 Å². The molecule has 1 unspecified atom stereocenters. The van der Waals surface area contributed by atoms with Crippen LogP contribution in [0.2, 0.25) is 0 Å². The Balaban J connectivity index is 2.49. The summed E-state index contributed by atoms with van der Waals surface area (Å²) in [5.74, 6) is 0. The molecule has 19 heavy (non-hydrogen) atoms. The minimum absolute atomic E-state index is 0.0223. The fourth-order valence-electron chi connectivity index (χ4n) is 2.35. The molecular formula is C13H15NO5. The first-order valence-corrected chi connectivity index (χ1v) is 6.00. The Labute approximate surface area is 110 Å². The summed E-state index contributed by atoms with van der Waals surface area (Å²) >= 11 is 0. The van der Waals surface area contributed by atoms with E-state index in [0.29, 0.717) is 18.8 Å². The number of rotatable bonds is 5. The molecule has 1 aliphatic rings. The molecule has 1 aromatic rings. The molecule has 0 aromatic heterocycles. The molecule has 0 radical (unpaired) electrons. The summed E-state index contributed by atoms with van der Waals surface area (Å²) in [7, 11) is 0. The number of benzene rings is 1. The van der Waals surface area contributed by atoms with Crippen molar-refractivity contribution in [1.82, 2.24) is 0 Å². The number of nitro benzene ring substituents is 1. The highest BCUT2D eigenvalue weighted by Gasteiger charge is 2.43. The number of hydrogen-bond donors (Lipinski definition) is 0. The summed E-state index contributed by atoms with van der Waals surface area (Å²) in [6, 6.07) is 6.37. The van der Waals surface area contributed by atoms with Crippen LogP contribution in [-0.2, 0) is 19.7 Å². The van der Waals surface area contributed by atoms with E-state index < -0.39 is 16.6 Å². The van der Waals surface area contributed by atoms with Gasteiger partial charge in [0.1, 0.15) is 6.29 Å². The number of ether oxygens (including phenoxy) is 2. The first-order chi connectivity index (χ1) is 9.09. The van der Waals surface area contributed by atoms with Crippen LogP contribution < -0.4 is 0 Å². The van der Waals surface area contributed by atoms with Gasteiger partial charge < -0.3 is 14.3 Å². The average molecular weight is 265 g/mol. The second-order valence-electron chi connectivity index (χ2n) is 4.64. The average Bonchev–Trinajstić information content (AvgIpc) is 2.93. The zero-order chi connectivity index (χ0) is 13.9. The predicted molar refractivity (Wildman–Crippen MR) is 66.8 cm³/mol. The third-order valence-corrected chi connectivity index (χ3v) is 3.37. The monoisotopic (exact) mass is 265 g/mol. The minimum Gasteiger partial charge on any atom is -0.349 e. The van der Waals surface area contributed by atoms with Crippen molar-refractivity contribution in [3.8, 4) is 0 Å². The van der Waals surface area contributed by atoms with Crippen LogP contribution in [-0.4, -0.2) is 30.7 Å². The lowest BCUT2D eigenvalue weighted by Gasteiger charge is -2.32. The van der Waals surface area contributed by atoms with Gasteiger partial charge in [-0.1, -0.05) is 18.2 Å². The Morgan fingerprint density at radius 3 is 2.63 bits per heavy atom. The summed E-state index contributed by atoms with van der Waals surface area (Å²) in [5, 5.41) is 11.1. The van der Waals surface area contributed by atoms with Crippen LogP contribution in [0, 0.1) is 10.1 Å². The van der Waals surface area contributed by atoms with Crippen molar-refractivity contribution in [3.63, 3.8) is 0 Å². The van der Waals surface area contributed by atoms with E-state index in [9.17, 15) is 14.9 Å². The maximum absolute atomic E-state index is 11.1. The third-order valence-electron chi connectivity index (χ3n) is 3.37. The summed E-state index contributed by atoms with van der Waals surface area (Å²) in [6.45, 7) is 2.61. The van der Waals surface area contributed by atoms with Crippen molar-refractivity contribution in [1.29, 1.82) is 0 Å². The number of nitrogens with zero attached hydrogens (tertiary/aromatic N) is 1. The predicted octanol–water partition coefficient (Wildman–Crippen LogP) is 1.81. The molecule has 0 aliphatic carbocycles. The first-order valence-electron chi connectivity index (χ1n) is 6.00. The van der Waals surface area contributed by atoms with E-state index >= 15 is 0 Å². The molecule has 0 N–H and O–H groups in total. The van der Waals surface area contributed by atoms with Crippen LogP contribution >= 0.6 is 0 Å². The molecular weight excluding hydrogens is 250 g/mol. The van der Waals surface area contributed by atoms with Gasteiger partial charge in [0.2, 0.25) is 0 Å². The number of carbonyl (C=O) groups excluding carboxylic acids is 1. The normalized spacial score (nSPS) is 19.0. The van der Waals surface area contributed by atoms with E-state index in [4.69, 9.17) is 9.47 Å². The van der Waals surface area contributed by atoms with Gasteiger partial charge in [0, 0.05) is 18.1 Å². The second-order valence-corrected chi connectivity index (χ2v) is 4.64. The quantitative estimate of drug-likeness (QED) is 0.461. The van der Waals surface area contributed by atoms with Crippen molar-refractivity contribution in [3.05, 3.63) is 39.9 Å². The van der Waals surface area contributed by atoms with Gasteiger partial charge in [-0.3, -0.25) is 10.1 Å². The number of hydrogen-bond acceptors (Lipinski definition) is 5. The molecule has 0 amide bonds. The Bertz CT molecular complexity index is 484. The van der Waals surface area contributed by atoms with Gasteiger partial charge in [-0.25, -0.2) is 0 Å². The van der Waals surface area contributed by atoms with Crippen LogP contribution in [0.25, 0.3) is 0 Å². The van der Waals surface area contributed by atoms with Crippen molar-refractivity contribution in [2.45, 2.75) is 25.0 Å². The molecule has 0 spiro atoms. The molecule has 0 saturated carbocycles. The number of carbonyl (C=O) groups is 1. The highest BCUT2D eigenvalue weighted by Crippen LogP contribution is 2.39. The molecule has 1 heterocycles. The van der Waals surface area contributed by atoms with Gasteiger partial charge in [0.15, 0.2) is 6.29 Å². The van der Waals surface area contributed by atoms with E-state index in [1.54, 1.807) is 25.1 Å². The zero-order valence-electron chi connectivity index (χ0n) is 10.6. The van der Waals surface area contributed by atoms with Crippen LogP contribution in [0.3, 0.4) is 0 Å². The lowest BCUT2D eigenvalue weighted by molar-refractivity contribution is -0.386. The lowest BCUT2D eigenvalue weighted by Crippen LogP contribution is -2.38. The van der Waals surface area contributed by atoms with Crippen molar-refractivity contribution in [2.75, 3.05) is 13.2 Å². The van der Waals surface area contributed by atoms with Gasteiger partial charge in [-0.05, 0) is 6.92 Å². The van der Waals surface area contributed by atoms with Crippen LogP contribution in [0.4, 0.5) is 5.69 Å². The van der Waals surface area contributed by atoms with E-state index in [1.807, 2.05) is 0 Å². The van der Waals surface area contributed by atoms with Gasteiger partial charge in [-0.15, -0.1) is 0 Å². The molecule has 2 rings (SSSR count). The van der Waals surface area contributed by atoms with Gasteiger partial charge in [-0.2, -0.15) is 0 Å². The molecule has 6 heteroatoms. The highest BCUT2D eigenvalue weighted by molar-refractivity contribution is 5.56. The Morgan fingerprint density at radius 2 is 2.05 bits per heavy atom. The minimum atomic E-state index is -0.859. The third kappa shape index (κ3) is 2.50. The number of para-hydroxylation sites is 1.